The molecule has 1 atom stereocenters. The molecular weight excluding hydrogens is 368 g/mol. The molecule has 1 unspecified atom stereocenters. The number of carboxylic acid groups (broad SMARTS) is 1. The highest BCUT2D eigenvalue weighted by atomic mass is 32.2. The van der Waals surface area contributed by atoms with Crippen molar-refractivity contribution in [1.29, 1.82) is 0 Å². The number of piperidine rings is 1. The zero-order chi connectivity index (χ0) is 20.0. The Bertz CT molecular complexity index is 755. The fourth-order valence-corrected chi connectivity index (χ4v) is 4.63. The number of hydrogen-bond donors (Lipinski definition) is 1. The molecule has 8 heteroatoms. The van der Waals surface area contributed by atoms with Gasteiger partial charge in [-0.05, 0) is 37.0 Å². The van der Waals surface area contributed by atoms with Crippen LogP contribution in [0.5, 0.6) is 0 Å². The summed E-state index contributed by atoms with van der Waals surface area (Å²) in [5, 5.41) is 8.92. The Hall–Kier alpha value is -1.93. The van der Waals surface area contributed by atoms with Crippen LogP contribution in [0.25, 0.3) is 0 Å². The van der Waals surface area contributed by atoms with Crippen molar-refractivity contribution in [1.82, 2.24) is 9.21 Å². The van der Waals surface area contributed by atoms with Gasteiger partial charge < -0.3 is 10.0 Å². The Morgan fingerprint density at radius 1 is 1.15 bits per heavy atom. The van der Waals surface area contributed by atoms with E-state index in [1.54, 1.807) is 38.2 Å². The van der Waals surface area contributed by atoms with Crippen LogP contribution >= 0.6 is 0 Å². The quantitative estimate of drug-likeness (QED) is 0.725. The van der Waals surface area contributed by atoms with Gasteiger partial charge in [0.1, 0.15) is 0 Å². The van der Waals surface area contributed by atoms with Gasteiger partial charge in [0.2, 0.25) is 15.9 Å². The second kappa shape index (κ2) is 9.32. The molecule has 1 aliphatic heterocycles. The van der Waals surface area contributed by atoms with E-state index in [1.165, 1.54) is 9.21 Å². The van der Waals surface area contributed by atoms with Crippen LogP contribution in [0.4, 0.5) is 0 Å². The number of hydrogen-bond acceptors (Lipinski definition) is 4. The highest BCUT2D eigenvalue weighted by Gasteiger charge is 2.25. The minimum Gasteiger partial charge on any atom is -0.481 e. The van der Waals surface area contributed by atoms with Crippen LogP contribution in [0.3, 0.4) is 0 Å². The molecular formula is C19H28N2O5S. The molecule has 0 aromatic heterocycles. The number of amides is 1. The maximum absolute atomic E-state index is 12.6. The molecule has 1 aliphatic rings. The molecule has 1 N–H and O–H groups in total. The first-order chi connectivity index (χ1) is 12.7. The topological polar surface area (TPSA) is 95.0 Å². The Morgan fingerprint density at radius 2 is 1.74 bits per heavy atom. The number of carbonyl (C=O) groups is 2. The molecule has 1 aromatic carbocycles. The van der Waals surface area contributed by atoms with E-state index in [-0.39, 0.29) is 23.8 Å². The maximum atomic E-state index is 12.6. The zero-order valence-electron chi connectivity index (χ0n) is 15.9. The fourth-order valence-electron chi connectivity index (χ4n) is 3.12. The summed E-state index contributed by atoms with van der Waals surface area (Å²) in [7, 11) is -1.85. The first kappa shape index (κ1) is 21.4. The fraction of sp³-hybridized carbons (Fsp3) is 0.579. The molecule has 1 fully saturated rings. The summed E-state index contributed by atoms with van der Waals surface area (Å²) in [6.07, 6.45) is 3.59. The SMILES string of the molecule is CC(CN(C)C(=O)CCc1ccc(S(=O)(=O)N2CCCCC2)cc1)C(=O)O. The predicted octanol–water partition coefficient (Wildman–Crippen LogP) is 1.97. The van der Waals surface area contributed by atoms with E-state index >= 15 is 0 Å². The molecule has 1 heterocycles. The van der Waals surface area contributed by atoms with E-state index in [0.717, 1.165) is 24.8 Å². The average molecular weight is 397 g/mol. The Balaban J connectivity index is 1.91. The molecule has 1 saturated heterocycles. The molecule has 1 amide bonds. The van der Waals surface area contributed by atoms with Crippen molar-refractivity contribution in [2.24, 2.45) is 5.92 Å². The molecule has 7 nitrogen and oxygen atoms in total. The largest absolute Gasteiger partial charge is 0.481 e. The van der Waals surface area contributed by atoms with E-state index in [1.807, 2.05) is 0 Å². The van der Waals surface area contributed by atoms with Crippen molar-refractivity contribution in [3.63, 3.8) is 0 Å². The highest BCUT2D eigenvalue weighted by molar-refractivity contribution is 7.89. The second-order valence-corrected chi connectivity index (χ2v) is 9.06. The molecule has 1 aromatic rings. The molecule has 2 rings (SSSR count). The molecule has 0 bridgehead atoms. The summed E-state index contributed by atoms with van der Waals surface area (Å²) in [5.41, 5.74) is 0.876. The van der Waals surface area contributed by atoms with Crippen molar-refractivity contribution < 1.29 is 23.1 Å². The lowest BCUT2D eigenvalue weighted by Crippen LogP contribution is -2.35. The minimum absolute atomic E-state index is 0.131. The first-order valence-corrected chi connectivity index (χ1v) is 10.7. The van der Waals surface area contributed by atoms with Gasteiger partial charge in [0.25, 0.3) is 0 Å². The van der Waals surface area contributed by atoms with Gasteiger partial charge in [-0.1, -0.05) is 25.5 Å². The van der Waals surface area contributed by atoms with Crippen LogP contribution < -0.4 is 0 Å². The van der Waals surface area contributed by atoms with Gasteiger partial charge in [-0.3, -0.25) is 9.59 Å². The Kier molecular flexibility index (Phi) is 7.38. The van der Waals surface area contributed by atoms with Crippen LogP contribution in [-0.4, -0.2) is 61.3 Å². The van der Waals surface area contributed by atoms with Crippen LogP contribution in [0.15, 0.2) is 29.2 Å². The van der Waals surface area contributed by atoms with Crippen LogP contribution in [0.1, 0.15) is 38.2 Å². The van der Waals surface area contributed by atoms with Crippen LogP contribution in [-0.2, 0) is 26.0 Å². The normalized spacial score (nSPS) is 16.7. The number of benzene rings is 1. The lowest BCUT2D eigenvalue weighted by atomic mass is 10.1. The van der Waals surface area contributed by atoms with Gasteiger partial charge >= 0.3 is 5.97 Å². The highest BCUT2D eigenvalue weighted by Crippen LogP contribution is 2.21. The number of rotatable bonds is 8. The summed E-state index contributed by atoms with van der Waals surface area (Å²) in [6, 6.07) is 6.67. The van der Waals surface area contributed by atoms with E-state index < -0.39 is 21.9 Å². The number of carbonyl (C=O) groups excluding carboxylic acids is 1. The molecule has 0 saturated carbocycles. The summed E-state index contributed by atoms with van der Waals surface area (Å²) in [6.45, 7) is 2.87. The van der Waals surface area contributed by atoms with E-state index in [2.05, 4.69) is 0 Å². The lowest BCUT2D eigenvalue weighted by Gasteiger charge is -2.25. The smallest absolute Gasteiger partial charge is 0.308 e. The summed E-state index contributed by atoms with van der Waals surface area (Å²) >= 11 is 0. The van der Waals surface area contributed by atoms with Crippen LogP contribution in [0.2, 0.25) is 0 Å². The lowest BCUT2D eigenvalue weighted by molar-refractivity contribution is -0.142. The van der Waals surface area contributed by atoms with Crippen molar-refractivity contribution in [3.8, 4) is 0 Å². The summed E-state index contributed by atoms with van der Waals surface area (Å²) < 4.78 is 26.8. The number of aryl methyl sites for hydroxylation is 1. The van der Waals surface area contributed by atoms with E-state index in [9.17, 15) is 18.0 Å². The monoisotopic (exact) mass is 396 g/mol. The maximum Gasteiger partial charge on any atom is 0.308 e. The standard InChI is InChI=1S/C19H28N2O5S/c1-15(19(23)24)14-20(2)18(22)11-8-16-6-9-17(10-7-16)27(25,26)21-12-4-3-5-13-21/h6-7,9-10,15H,3-5,8,11-14H2,1-2H3,(H,23,24). The Morgan fingerprint density at radius 3 is 2.30 bits per heavy atom. The van der Waals surface area contributed by atoms with Crippen molar-refractivity contribution in [3.05, 3.63) is 29.8 Å². The van der Waals surface area contributed by atoms with Gasteiger partial charge in [0.05, 0.1) is 10.8 Å². The number of sulfonamides is 1. The number of carboxylic acids is 1. The van der Waals surface area contributed by atoms with E-state index in [0.29, 0.717) is 19.5 Å². The van der Waals surface area contributed by atoms with Gasteiger partial charge in [0, 0.05) is 33.1 Å². The van der Waals surface area contributed by atoms with Crippen molar-refractivity contribution in [2.75, 3.05) is 26.7 Å². The zero-order valence-corrected chi connectivity index (χ0v) is 16.7. The van der Waals surface area contributed by atoms with Crippen LogP contribution in [0, 0.1) is 5.92 Å². The average Bonchev–Trinajstić information content (AvgIpc) is 2.66. The van der Waals surface area contributed by atoms with Gasteiger partial charge in [0.15, 0.2) is 0 Å². The van der Waals surface area contributed by atoms with Gasteiger partial charge in [-0.2, -0.15) is 4.31 Å². The van der Waals surface area contributed by atoms with Gasteiger partial charge in [-0.25, -0.2) is 8.42 Å². The molecule has 0 spiro atoms. The molecule has 27 heavy (non-hydrogen) atoms. The summed E-state index contributed by atoms with van der Waals surface area (Å²) in [4.78, 5) is 24.7. The molecule has 0 aliphatic carbocycles. The van der Waals surface area contributed by atoms with Gasteiger partial charge in [-0.15, -0.1) is 0 Å². The van der Waals surface area contributed by atoms with Crippen molar-refractivity contribution >= 4 is 21.9 Å². The number of nitrogens with zero attached hydrogens (tertiary/aromatic N) is 2. The first-order valence-electron chi connectivity index (χ1n) is 9.27. The third kappa shape index (κ3) is 5.77. The third-order valence-corrected chi connectivity index (χ3v) is 6.81. The molecule has 150 valence electrons. The Labute approximate surface area is 161 Å². The number of aliphatic carboxylic acids is 1. The second-order valence-electron chi connectivity index (χ2n) is 7.12. The minimum atomic E-state index is -3.44. The summed E-state index contributed by atoms with van der Waals surface area (Å²) in [5.74, 6) is -1.67. The molecule has 0 radical (unpaired) electrons. The van der Waals surface area contributed by atoms with E-state index in [4.69, 9.17) is 5.11 Å². The predicted molar refractivity (Wildman–Crippen MR) is 102 cm³/mol. The third-order valence-electron chi connectivity index (χ3n) is 4.90. The van der Waals surface area contributed by atoms with Crippen molar-refractivity contribution in [2.45, 2.75) is 43.9 Å².